The van der Waals surface area contributed by atoms with Crippen LogP contribution in [0.3, 0.4) is 0 Å². The zero-order valence-electron chi connectivity index (χ0n) is 7.68. The van der Waals surface area contributed by atoms with E-state index in [1.807, 2.05) is 0 Å². The minimum Gasteiger partial charge on any atom is -0.392 e. The van der Waals surface area contributed by atoms with Gasteiger partial charge in [-0.1, -0.05) is 12.2 Å². The van der Waals surface area contributed by atoms with E-state index in [9.17, 15) is 5.11 Å². The van der Waals surface area contributed by atoms with Crippen LogP contribution < -0.4 is 0 Å². The maximum absolute atomic E-state index is 10.1. The Morgan fingerprint density at radius 1 is 1.38 bits per heavy atom. The van der Waals surface area contributed by atoms with Gasteiger partial charge in [-0.2, -0.15) is 0 Å². The van der Waals surface area contributed by atoms with Crippen molar-refractivity contribution >= 4 is 0 Å². The highest BCUT2D eigenvalue weighted by atomic mass is 16.5. The van der Waals surface area contributed by atoms with Gasteiger partial charge in [0.05, 0.1) is 17.8 Å². The molecule has 0 aromatic rings. The van der Waals surface area contributed by atoms with Crippen LogP contribution in [0.4, 0.5) is 0 Å². The quantitative estimate of drug-likeness (QED) is 0.560. The Hall–Kier alpha value is -0.340. The van der Waals surface area contributed by atoms with Gasteiger partial charge in [-0.05, 0) is 19.3 Å². The van der Waals surface area contributed by atoms with E-state index < -0.39 is 0 Å². The van der Waals surface area contributed by atoms with Gasteiger partial charge in [0.2, 0.25) is 0 Å². The lowest BCUT2D eigenvalue weighted by Crippen LogP contribution is -2.49. The van der Waals surface area contributed by atoms with Crippen LogP contribution in [0.5, 0.6) is 0 Å². The van der Waals surface area contributed by atoms with Crippen LogP contribution in [-0.4, -0.2) is 22.9 Å². The van der Waals surface area contributed by atoms with Crippen molar-refractivity contribution in [1.82, 2.24) is 0 Å². The minimum atomic E-state index is -0.0921. The first-order valence-corrected chi connectivity index (χ1v) is 5.26. The van der Waals surface area contributed by atoms with Gasteiger partial charge in [-0.25, -0.2) is 0 Å². The van der Waals surface area contributed by atoms with Crippen LogP contribution in [0.15, 0.2) is 12.2 Å². The highest BCUT2D eigenvalue weighted by Gasteiger charge is 2.70. The first-order chi connectivity index (χ1) is 6.22. The second kappa shape index (κ2) is 1.73. The molecule has 2 saturated carbocycles. The molecule has 5 rings (SSSR count). The fraction of sp³-hybridized carbons (Fsp3) is 0.818. The van der Waals surface area contributed by atoms with Gasteiger partial charge in [0.25, 0.3) is 0 Å². The molecule has 2 heteroatoms. The molecular formula is C11H14O2. The third kappa shape index (κ3) is 0.522. The molecule has 5 aliphatic rings. The van der Waals surface area contributed by atoms with Gasteiger partial charge in [-0.15, -0.1) is 0 Å². The van der Waals surface area contributed by atoms with Crippen molar-refractivity contribution in [3.05, 3.63) is 12.2 Å². The van der Waals surface area contributed by atoms with Crippen LogP contribution in [-0.2, 0) is 4.74 Å². The van der Waals surface area contributed by atoms with Crippen molar-refractivity contribution in [2.45, 2.75) is 31.2 Å². The Bertz CT molecular complexity index is 301. The average molecular weight is 178 g/mol. The maximum Gasteiger partial charge on any atom is 0.0791 e. The predicted molar refractivity (Wildman–Crippen MR) is 47.0 cm³/mol. The SMILES string of the molecule is CC12OC3CC4C(O)C3C1C=CC42. The van der Waals surface area contributed by atoms with Crippen LogP contribution in [0, 0.1) is 23.7 Å². The van der Waals surface area contributed by atoms with Crippen molar-refractivity contribution in [3.8, 4) is 0 Å². The van der Waals surface area contributed by atoms with Crippen LogP contribution in [0.1, 0.15) is 13.3 Å². The summed E-state index contributed by atoms with van der Waals surface area (Å²) >= 11 is 0. The smallest absolute Gasteiger partial charge is 0.0791 e. The zero-order valence-corrected chi connectivity index (χ0v) is 7.68. The topological polar surface area (TPSA) is 29.5 Å². The lowest BCUT2D eigenvalue weighted by Gasteiger charge is -2.43. The summed E-state index contributed by atoms with van der Waals surface area (Å²) in [6.45, 7) is 2.23. The number of hydrogen-bond acceptors (Lipinski definition) is 2. The summed E-state index contributed by atoms with van der Waals surface area (Å²) in [5.41, 5.74) is 0.0531. The van der Waals surface area contributed by atoms with Gasteiger partial charge in [-0.3, -0.25) is 0 Å². The van der Waals surface area contributed by atoms with E-state index in [0.717, 1.165) is 6.42 Å². The van der Waals surface area contributed by atoms with Gasteiger partial charge in [0, 0.05) is 17.8 Å². The second-order valence-corrected chi connectivity index (χ2v) is 5.24. The molecule has 0 aromatic heterocycles. The Morgan fingerprint density at radius 2 is 2.15 bits per heavy atom. The Balaban J connectivity index is 1.96. The third-order valence-electron chi connectivity index (χ3n) is 4.90. The second-order valence-electron chi connectivity index (χ2n) is 5.24. The number of aliphatic hydroxyl groups excluding tert-OH is 1. The fourth-order valence-corrected chi connectivity index (χ4v) is 4.40. The van der Waals surface area contributed by atoms with E-state index in [1.165, 1.54) is 0 Å². The van der Waals surface area contributed by atoms with Crippen molar-refractivity contribution in [2.24, 2.45) is 23.7 Å². The Morgan fingerprint density at radius 3 is 3.00 bits per heavy atom. The minimum absolute atomic E-state index is 0.0531. The molecule has 70 valence electrons. The van der Waals surface area contributed by atoms with E-state index in [0.29, 0.717) is 29.8 Å². The molecule has 2 nitrogen and oxygen atoms in total. The molecule has 2 saturated heterocycles. The summed E-state index contributed by atoms with van der Waals surface area (Å²) in [6, 6.07) is 0. The standard InChI is InChI=1S/C11H14O2/c1-11-6-2-3-7(11)9-8(13-11)4-5(6)10(9)12/h2-3,5-10,12H,4H2,1H3. The molecule has 13 heavy (non-hydrogen) atoms. The largest absolute Gasteiger partial charge is 0.392 e. The lowest BCUT2D eigenvalue weighted by atomic mass is 9.68. The Labute approximate surface area is 77.6 Å². The number of aliphatic hydroxyl groups is 1. The van der Waals surface area contributed by atoms with Crippen molar-refractivity contribution in [1.29, 1.82) is 0 Å². The molecule has 7 unspecified atom stereocenters. The molecule has 1 N–H and O–H groups in total. The third-order valence-corrected chi connectivity index (χ3v) is 4.90. The van der Waals surface area contributed by atoms with Gasteiger partial charge < -0.3 is 9.84 Å². The van der Waals surface area contributed by atoms with E-state index in [-0.39, 0.29) is 11.7 Å². The van der Waals surface area contributed by atoms with Crippen LogP contribution in [0.2, 0.25) is 0 Å². The highest BCUT2D eigenvalue weighted by Crippen LogP contribution is 2.65. The molecule has 3 aliphatic carbocycles. The number of hydrogen-bond donors (Lipinski definition) is 1. The molecule has 6 bridgehead atoms. The first-order valence-electron chi connectivity index (χ1n) is 5.26. The fourth-order valence-electron chi connectivity index (χ4n) is 4.40. The molecule has 2 heterocycles. The Kier molecular flexibility index (Phi) is 0.935. The average Bonchev–Trinajstić information content (AvgIpc) is 2.51. The molecule has 0 radical (unpaired) electrons. The van der Waals surface area contributed by atoms with E-state index >= 15 is 0 Å². The molecule has 0 aromatic carbocycles. The summed E-state index contributed by atoms with van der Waals surface area (Å²) < 4.78 is 6.07. The molecule has 2 aliphatic heterocycles. The van der Waals surface area contributed by atoms with Crippen molar-refractivity contribution < 1.29 is 9.84 Å². The summed E-state index contributed by atoms with van der Waals surface area (Å²) in [5.74, 6) is 1.88. The summed E-state index contributed by atoms with van der Waals surface area (Å²) in [5, 5.41) is 10.1. The molecule has 4 fully saturated rings. The molecular weight excluding hydrogens is 164 g/mol. The summed E-state index contributed by atoms with van der Waals surface area (Å²) in [7, 11) is 0. The summed E-state index contributed by atoms with van der Waals surface area (Å²) in [6.07, 6.45) is 5.93. The van der Waals surface area contributed by atoms with Crippen LogP contribution in [0.25, 0.3) is 0 Å². The summed E-state index contributed by atoms with van der Waals surface area (Å²) in [4.78, 5) is 0. The van der Waals surface area contributed by atoms with Gasteiger partial charge in [0.1, 0.15) is 0 Å². The first kappa shape index (κ1) is 7.02. The highest BCUT2D eigenvalue weighted by molar-refractivity contribution is 5.30. The van der Waals surface area contributed by atoms with Crippen molar-refractivity contribution in [3.63, 3.8) is 0 Å². The normalized spacial score (nSPS) is 71.2. The monoisotopic (exact) mass is 178 g/mol. The lowest BCUT2D eigenvalue weighted by molar-refractivity contribution is -0.121. The molecule has 0 amide bonds. The maximum atomic E-state index is 10.1. The number of ether oxygens (including phenoxy) is 1. The van der Waals surface area contributed by atoms with E-state index in [2.05, 4.69) is 19.1 Å². The van der Waals surface area contributed by atoms with E-state index in [1.54, 1.807) is 0 Å². The molecule has 0 spiro atoms. The van der Waals surface area contributed by atoms with Crippen LogP contribution >= 0.6 is 0 Å². The van der Waals surface area contributed by atoms with Gasteiger partial charge in [0.15, 0.2) is 0 Å². The molecule has 7 atom stereocenters. The zero-order chi connectivity index (χ0) is 8.79. The van der Waals surface area contributed by atoms with E-state index in [4.69, 9.17) is 4.74 Å². The number of rotatable bonds is 0. The van der Waals surface area contributed by atoms with Crippen molar-refractivity contribution in [2.75, 3.05) is 0 Å². The van der Waals surface area contributed by atoms with Gasteiger partial charge >= 0.3 is 0 Å². The predicted octanol–water partition coefficient (Wildman–Crippen LogP) is 0.957.